The van der Waals surface area contributed by atoms with E-state index in [1.54, 1.807) is 51.1 Å². The Morgan fingerprint density at radius 2 is 1.93 bits per heavy atom. The average molecular weight is 660 g/mol. The summed E-state index contributed by atoms with van der Waals surface area (Å²) in [6.07, 6.45) is 1.14. The zero-order chi connectivity index (χ0) is 33.6. The third-order valence-corrected chi connectivity index (χ3v) is 8.94. The quantitative estimate of drug-likeness (QED) is 0.424. The van der Waals surface area contributed by atoms with Crippen molar-refractivity contribution in [2.24, 2.45) is 10.4 Å². The largest absolute Gasteiger partial charge is 0.466 e. The van der Waals surface area contributed by atoms with Crippen LogP contribution >= 0.6 is 11.3 Å². The number of amides is 1. The fraction of sp³-hybridized carbons (Fsp3) is 0.531. The van der Waals surface area contributed by atoms with Crippen molar-refractivity contribution >= 4 is 35.0 Å². The van der Waals surface area contributed by atoms with Crippen LogP contribution in [-0.2, 0) is 28.6 Å². The molecule has 46 heavy (non-hydrogen) atoms. The maximum absolute atomic E-state index is 14.8. The Morgan fingerprint density at radius 1 is 1.20 bits per heavy atom. The number of methoxy groups -OCH3 is 1. The van der Waals surface area contributed by atoms with E-state index in [0.717, 1.165) is 6.07 Å². The van der Waals surface area contributed by atoms with Crippen LogP contribution in [-0.4, -0.2) is 96.1 Å². The van der Waals surface area contributed by atoms with Crippen molar-refractivity contribution in [3.8, 4) is 0 Å². The number of aromatic nitrogens is 1. The minimum Gasteiger partial charge on any atom is -0.466 e. The number of nitrogens with one attached hydrogen (secondary N) is 1. The van der Waals surface area contributed by atoms with Gasteiger partial charge in [0.15, 0.2) is 22.5 Å². The lowest BCUT2D eigenvalue weighted by molar-refractivity contribution is -0.167. The number of fused-ring (bicyclic) bond motifs is 1. The molecule has 0 saturated carbocycles. The monoisotopic (exact) mass is 659 g/mol. The predicted molar refractivity (Wildman–Crippen MR) is 166 cm³/mol. The number of amidine groups is 1. The molecule has 0 aliphatic carbocycles. The first-order chi connectivity index (χ1) is 21.6. The van der Waals surface area contributed by atoms with Crippen LogP contribution in [0.5, 0.6) is 0 Å². The van der Waals surface area contributed by atoms with Crippen LogP contribution in [0.3, 0.4) is 0 Å². The zero-order valence-corrected chi connectivity index (χ0v) is 27.8. The van der Waals surface area contributed by atoms with Crippen LogP contribution in [0.1, 0.15) is 56.8 Å². The second-order valence-corrected chi connectivity index (χ2v) is 14.1. The number of aliphatic imine (C=N–C) groups is 1. The summed E-state index contributed by atoms with van der Waals surface area (Å²) in [7, 11) is 1.23. The van der Waals surface area contributed by atoms with E-state index in [0.29, 0.717) is 35.3 Å². The molecule has 3 atom stereocenters. The molecule has 0 spiro atoms. The predicted octanol–water partition coefficient (Wildman–Crippen LogP) is 3.53. The van der Waals surface area contributed by atoms with Gasteiger partial charge in [0.05, 0.1) is 30.8 Å². The maximum Gasteiger partial charge on any atom is 0.338 e. The summed E-state index contributed by atoms with van der Waals surface area (Å²) in [6, 6.07) is 0.675. The summed E-state index contributed by atoms with van der Waals surface area (Å²) >= 11 is 1.32. The highest BCUT2D eigenvalue weighted by atomic mass is 32.1. The second-order valence-electron chi connectivity index (χ2n) is 13.2. The minimum atomic E-state index is -1.04. The molecule has 2 fully saturated rings. The molecule has 2 saturated heterocycles. The molecule has 0 unspecified atom stereocenters. The summed E-state index contributed by atoms with van der Waals surface area (Å²) in [6.45, 7) is 11.5. The van der Waals surface area contributed by atoms with Crippen LogP contribution in [0.4, 0.5) is 8.78 Å². The number of nitrogens with zero attached hydrogens (tertiary/aromatic N) is 4. The van der Waals surface area contributed by atoms with Gasteiger partial charge in [-0.3, -0.25) is 19.5 Å². The lowest BCUT2D eigenvalue weighted by Gasteiger charge is -2.37. The summed E-state index contributed by atoms with van der Waals surface area (Å²) in [5.41, 5.74) is -0.848. The standard InChI is InChI=1S/C32H39F2N5O6S/c1-17-18(8-9-19(33)23(17)34)24-22(29(41)43-7)20(36-26(37-24)27-35-10-13-46-27)14-38-11-12-44-21-15-39(28(40)25(21)38)16-32(5,6)30(42)45-31(2,3)4/h8-10,13,21,24-25H,11-12,14-16H2,1-7H3,(H,36,37)/t21-,24-,25-/m0/s1. The number of hydrogen-bond acceptors (Lipinski definition) is 11. The van der Waals surface area contributed by atoms with Gasteiger partial charge in [-0.05, 0) is 58.7 Å². The Labute approximate surface area is 270 Å². The number of benzene rings is 1. The molecule has 11 nitrogen and oxygen atoms in total. The first kappa shape index (κ1) is 33.6. The molecule has 248 valence electrons. The van der Waals surface area contributed by atoms with Crippen LogP contribution in [0, 0.1) is 24.0 Å². The Kier molecular flexibility index (Phi) is 9.35. The first-order valence-electron chi connectivity index (χ1n) is 15.0. The number of hydrogen-bond donors (Lipinski definition) is 1. The van der Waals surface area contributed by atoms with Gasteiger partial charge in [0, 0.05) is 43.5 Å². The Balaban J connectivity index is 1.49. The molecule has 4 heterocycles. The number of rotatable bonds is 8. The lowest BCUT2D eigenvalue weighted by Crippen LogP contribution is -2.54. The van der Waals surface area contributed by atoms with Gasteiger partial charge in [-0.2, -0.15) is 0 Å². The van der Waals surface area contributed by atoms with Crippen molar-refractivity contribution in [2.75, 3.05) is 39.9 Å². The zero-order valence-electron chi connectivity index (χ0n) is 27.0. The van der Waals surface area contributed by atoms with E-state index in [4.69, 9.17) is 19.2 Å². The number of ether oxygens (including phenoxy) is 3. The highest BCUT2D eigenvalue weighted by Crippen LogP contribution is 2.37. The number of carbonyl (C=O) groups excluding carboxylic acids is 3. The van der Waals surface area contributed by atoms with E-state index >= 15 is 0 Å². The Morgan fingerprint density at radius 3 is 2.59 bits per heavy atom. The van der Waals surface area contributed by atoms with Crippen molar-refractivity contribution in [1.82, 2.24) is 20.1 Å². The lowest BCUT2D eigenvalue weighted by atomic mass is 9.91. The van der Waals surface area contributed by atoms with E-state index in [9.17, 15) is 23.2 Å². The van der Waals surface area contributed by atoms with Crippen LogP contribution in [0.15, 0.2) is 40.0 Å². The second kappa shape index (κ2) is 12.8. The molecular formula is C32H39F2N5O6S. The van der Waals surface area contributed by atoms with Gasteiger partial charge in [-0.25, -0.2) is 18.6 Å². The molecule has 0 bridgehead atoms. The summed E-state index contributed by atoms with van der Waals surface area (Å²) in [4.78, 5) is 52.9. The average Bonchev–Trinajstić information content (AvgIpc) is 3.63. The van der Waals surface area contributed by atoms with Crippen molar-refractivity contribution in [3.63, 3.8) is 0 Å². The van der Waals surface area contributed by atoms with Crippen molar-refractivity contribution in [1.29, 1.82) is 0 Å². The van der Waals surface area contributed by atoms with Gasteiger partial charge >= 0.3 is 11.9 Å². The van der Waals surface area contributed by atoms with Gasteiger partial charge < -0.3 is 24.4 Å². The van der Waals surface area contributed by atoms with Crippen molar-refractivity contribution in [2.45, 2.75) is 65.3 Å². The summed E-state index contributed by atoms with van der Waals surface area (Å²) in [5, 5.41) is 5.53. The van der Waals surface area contributed by atoms with Gasteiger partial charge in [0.1, 0.15) is 17.7 Å². The molecule has 5 rings (SSSR count). The smallest absolute Gasteiger partial charge is 0.338 e. The van der Waals surface area contributed by atoms with Gasteiger partial charge in [-0.15, -0.1) is 11.3 Å². The third-order valence-electron chi connectivity index (χ3n) is 8.16. The van der Waals surface area contributed by atoms with Crippen molar-refractivity contribution in [3.05, 3.63) is 62.7 Å². The minimum absolute atomic E-state index is 0.00976. The molecule has 14 heteroatoms. The highest BCUT2D eigenvalue weighted by molar-refractivity contribution is 7.11. The van der Waals surface area contributed by atoms with Crippen LogP contribution in [0.2, 0.25) is 0 Å². The fourth-order valence-corrected chi connectivity index (χ4v) is 6.53. The number of carbonyl (C=O) groups is 3. The van der Waals surface area contributed by atoms with E-state index in [-0.39, 0.29) is 36.7 Å². The van der Waals surface area contributed by atoms with E-state index in [1.807, 2.05) is 4.90 Å². The van der Waals surface area contributed by atoms with E-state index in [1.165, 1.54) is 31.4 Å². The van der Waals surface area contributed by atoms with E-state index < -0.39 is 52.8 Å². The normalized spacial score (nSPS) is 22.4. The van der Waals surface area contributed by atoms with Gasteiger partial charge in [-0.1, -0.05) is 6.07 Å². The van der Waals surface area contributed by atoms with Gasteiger partial charge in [0.2, 0.25) is 5.91 Å². The number of likely N-dealkylation sites (tertiary alicyclic amines) is 1. The Hall–Kier alpha value is -3.75. The molecule has 1 N–H and O–H groups in total. The molecule has 1 aromatic carbocycles. The number of esters is 2. The molecule has 3 aliphatic heterocycles. The molecule has 3 aliphatic rings. The number of morpholine rings is 1. The van der Waals surface area contributed by atoms with E-state index in [2.05, 4.69) is 10.3 Å². The molecule has 2 aromatic rings. The van der Waals surface area contributed by atoms with Crippen molar-refractivity contribution < 1.29 is 37.4 Å². The SMILES string of the molecule is COC(=O)C1=C(CN2CCO[C@H]3CN(CC(C)(C)C(=O)OC(C)(C)C)C(=O)[C@H]32)NC(c2nccs2)=N[C@H]1c1ccc(F)c(F)c1C. The van der Waals surface area contributed by atoms with Gasteiger partial charge in [0.25, 0.3) is 0 Å². The topological polar surface area (TPSA) is 123 Å². The summed E-state index contributed by atoms with van der Waals surface area (Å²) in [5.74, 6) is -3.03. The molecule has 1 amide bonds. The van der Waals surface area contributed by atoms with Crippen LogP contribution in [0.25, 0.3) is 0 Å². The first-order valence-corrected chi connectivity index (χ1v) is 15.9. The number of halogens is 2. The van der Waals surface area contributed by atoms with Crippen LogP contribution < -0.4 is 5.32 Å². The number of thiazole rings is 1. The maximum atomic E-state index is 14.8. The molecular weight excluding hydrogens is 620 g/mol. The molecule has 0 radical (unpaired) electrons. The molecule has 1 aromatic heterocycles. The third kappa shape index (κ3) is 6.69. The fourth-order valence-electron chi connectivity index (χ4n) is 5.94. The summed E-state index contributed by atoms with van der Waals surface area (Å²) < 4.78 is 45.7. The Bertz CT molecular complexity index is 1590. The highest BCUT2D eigenvalue weighted by Gasteiger charge is 2.49.